The highest BCUT2D eigenvalue weighted by atomic mass is 32.2. The number of nitrogens with zero attached hydrogens (tertiary/aromatic N) is 1. The molecule has 112 valence electrons. The van der Waals surface area contributed by atoms with Crippen molar-refractivity contribution in [3.63, 3.8) is 0 Å². The third kappa shape index (κ3) is 5.64. The largest absolute Gasteiger partial charge is 0.354 e. The molecule has 0 aliphatic rings. The summed E-state index contributed by atoms with van der Waals surface area (Å²) in [5, 5.41) is 2.56. The summed E-state index contributed by atoms with van der Waals surface area (Å²) < 4.78 is 39.0. The lowest BCUT2D eigenvalue weighted by Gasteiger charge is -2.12. The minimum atomic E-state index is -3.48. The van der Waals surface area contributed by atoms with E-state index in [1.165, 1.54) is 32.3 Å². The number of carbonyl (C=O) groups excluding carboxylic acids is 1. The van der Waals surface area contributed by atoms with Gasteiger partial charge in [0.15, 0.2) is 0 Å². The Kier molecular flexibility index (Phi) is 6.05. The zero-order valence-electron chi connectivity index (χ0n) is 11.4. The number of halogens is 1. The van der Waals surface area contributed by atoms with Crippen molar-refractivity contribution in [2.24, 2.45) is 0 Å². The average Bonchev–Trinajstić information content (AvgIpc) is 2.34. The van der Waals surface area contributed by atoms with E-state index >= 15 is 0 Å². The summed E-state index contributed by atoms with van der Waals surface area (Å²) in [6.07, 6.45) is 0.0538. The van der Waals surface area contributed by atoms with Crippen LogP contribution >= 0.6 is 0 Å². The first kappa shape index (κ1) is 16.5. The van der Waals surface area contributed by atoms with Crippen LogP contribution in [0.3, 0.4) is 0 Å². The Morgan fingerprint density at radius 2 is 2.00 bits per heavy atom. The molecule has 0 heterocycles. The maximum atomic E-state index is 12.9. The predicted octanol–water partition coefficient (Wildman–Crippen LogP) is -0.120. The van der Waals surface area contributed by atoms with Gasteiger partial charge in [-0.25, -0.2) is 9.11 Å². The summed E-state index contributed by atoms with van der Waals surface area (Å²) in [6, 6.07) is 5.77. The van der Waals surface area contributed by atoms with Gasteiger partial charge < -0.3 is 5.32 Å². The highest BCUT2D eigenvalue weighted by molar-refractivity contribution is 7.87. The van der Waals surface area contributed by atoms with Crippen LogP contribution in [0.2, 0.25) is 0 Å². The Morgan fingerprint density at radius 1 is 1.30 bits per heavy atom. The quantitative estimate of drug-likeness (QED) is 0.689. The van der Waals surface area contributed by atoms with E-state index in [2.05, 4.69) is 10.0 Å². The molecule has 0 fully saturated rings. The van der Waals surface area contributed by atoms with Gasteiger partial charge in [-0.3, -0.25) is 4.79 Å². The van der Waals surface area contributed by atoms with Crippen LogP contribution in [0.5, 0.6) is 0 Å². The normalized spacial score (nSPS) is 11.6. The molecule has 0 saturated carbocycles. The number of carbonyl (C=O) groups is 1. The molecule has 0 aliphatic heterocycles. The third-order valence-corrected chi connectivity index (χ3v) is 4.00. The van der Waals surface area contributed by atoms with Gasteiger partial charge in [-0.1, -0.05) is 12.1 Å². The lowest BCUT2D eigenvalue weighted by molar-refractivity contribution is -0.120. The molecule has 0 unspecified atom stereocenters. The fourth-order valence-electron chi connectivity index (χ4n) is 1.41. The van der Waals surface area contributed by atoms with Crippen LogP contribution in [0.1, 0.15) is 5.56 Å². The van der Waals surface area contributed by atoms with E-state index in [4.69, 9.17) is 0 Å². The standard InChI is InChI=1S/C12H18FN3O3S/c1-16(2)20(18,19)15-7-6-14-12(17)9-10-4-3-5-11(13)8-10/h3-5,8,15H,6-7,9H2,1-2H3,(H,14,17). The summed E-state index contributed by atoms with van der Waals surface area (Å²) in [5.41, 5.74) is 0.566. The lowest BCUT2D eigenvalue weighted by atomic mass is 10.1. The highest BCUT2D eigenvalue weighted by Gasteiger charge is 2.11. The number of benzene rings is 1. The third-order valence-electron chi connectivity index (χ3n) is 2.47. The minimum absolute atomic E-state index is 0.0538. The van der Waals surface area contributed by atoms with E-state index in [-0.39, 0.29) is 25.4 Å². The second-order valence-electron chi connectivity index (χ2n) is 4.34. The van der Waals surface area contributed by atoms with Crippen LogP contribution in [-0.2, 0) is 21.4 Å². The van der Waals surface area contributed by atoms with Crippen LogP contribution in [0.25, 0.3) is 0 Å². The molecule has 0 radical (unpaired) electrons. The summed E-state index contributed by atoms with van der Waals surface area (Å²) in [5.74, 6) is -0.686. The van der Waals surface area contributed by atoms with Gasteiger partial charge in [0.05, 0.1) is 6.42 Å². The molecule has 0 aromatic heterocycles. The van der Waals surface area contributed by atoms with Crippen molar-refractivity contribution in [2.45, 2.75) is 6.42 Å². The molecule has 0 saturated heterocycles. The van der Waals surface area contributed by atoms with Gasteiger partial charge in [0.2, 0.25) is 5.91 Å². The van der Waals surface area contributed by atoms with E-state index in [1.54, 1.807) is 6.07 Å². The van der Waals surface area contributed by atoms with E-state index in [1.807, 2.05) is 0 Å². The Morgan fingerprint density at radius 3 is 2.60 bits per heavy atom. The van der Waals surface area contributed by atoms with Gasteiger partial charge in [0, 0.05) is 27.2 Å². The van der Waals surface area contributed by atoms with Gasteiger partial charge in [0.25, 0.3) is 10.2 Å². The molecule has 20 heavy (non-hydrogen) atoms. The second kappa shape index (κ2) is 7.32. The minimum Gasteiger partial charge on any atom is -0.354 e. The summed E-state index contributed by atoms with van der Waals surface area (Å²) in [4.78, 5) is 11.6. The molecule has 2 N–H and O–H groups in total. The highest BCUT2D eigenvalue weighted by Crippen LogP contribution is 2.03. The zero-order chi connectivity index (χ0) is 15.2. The molecule has 1 aromatic carbocycles. The van der Waals surface area contributed by atoms with E-state index in [0.29, 0.717) is 5.56 Å². The molecule has 0 aliphatic carbocycles. The van der Waals surface area contributed by atoms with Crippen LogP contribution in [0, 0.1) is 5.82 Å². The molecule has 0 atom stereocenters. The number of amides is 1. The van der Waals surface area contributed by atoms with Crippen LogP contribution in [0.4, 0.5) is 4.39 Å². The maximum absolute atomic E-state index is 12.9. The first-order valence-electron chi connectivity index (χ1n) is 5.99. The number of hydrogen-bond donors (Lipinski definition) is 2. The zero-order valence-corrected chi connectivity index (χ0v) is 12.2. The number of hydrogen-bond acceptors (Lipinski definition) is 3. The van der Waals surface area contributed by atoms with Gasteiger partial charge in [-0.15, -0.1) is 0 Å². The molecule has 6 nitrogen and oxygen atoms in total. The maximum Gasteiger partial charge on any atom is 0.278 e. The van der Waals surface area contributed by atoms with Gasteiger partial charge >= 0.3 is 0 Å². The van der Waals surface area contributed by atoms with Crippen molar-refractivity contribution in [3.8, 4) is 0 Å². The van der Waals surface area contributed by atoms with Crippen LogP contribution in [-0.4, -0.2) is 45.8 Å². The molecule has 0 spiro atoms. The van der Waals surface area contributed by atoms with Crippen molar-refractivity contribution in [2.75, 3.05) is 27.2 Å². The molecule has 0 bridgehead atoms. The predicted molar refractivity (Wildman–Crippen MR) is 73.7 cm³/mol. The summed E-state index contributed by atoms with van der Waals surface area (Å²) >= 11 is 0. The summed E-state index contributed by atoms with van der Waals surface area (Å²) in [7, 11) is -0.663. The Bertz CT molecular complexity index is 561. The monoisotopic (exact) mass is 303 g/mol. The van der Waals surface area contributed by atoms with Gasteiger partial charge in [-0.2, -0.15) is 12.7 Å². The molecule has 1 aromatic rings. The van der Waals surface area contributed by atoms with Crippen LogP contribution in [0.15, 0.2) is 24.3 Å². The number of rotatable bonds is 7. The fourth-order valence-corrected chi connectivity index (χ4v) is 2.02. The van der Waals surface area contributed by atoms with Crippen LogP contribution < -0.4 is 10.0 Å². The van der Waals surface area contributed by atoms with Crippen molar-refractivity contribution >= 4 is 16.1 Å². The number of nitrogens with one attached hydrogen (secondary N) is 2. The van der Waals surface area contributed by atoms with E-state index < -0.39 is 16.0 Å². The van der Waals surface area contributed by atoms with E-state index in [0.717, 1.165) is 4.31 Å². The molecule has 1 amide bonds. The first-order valence-corrected chi connectivity index (χ1v) is 7.43. The van der Waals surface area contributed by atoms with Crippen molar-refractivity contribution in [1.29, 1.82) is 0 Å². The lowest BCUT2D eigenvalue weighted by Crippen LogP contribution is -2.40. The Balaban J connectivity index is 2.31. The Labute approximate surface area is 118 Å². The molecule has 8 heteroatoms. The Hall–Kier alpha value is -1.51. The molecular weight excluding hydrogens is 285 g/mol. The van der Waals surface area contributed by atoms with Gasteiger partial charge in [-0.05, 0) is 17.7 Å². The van der Waals surface area contributed by atoms with Crippen molar-refractivity contribution in [1.82, 2.24) is 14.3 Å². The topological polar surface area (TPSA) is 78.5 Å². The van der Waals surface area contributed by atoms with Crippen molar-refractivity contribution < 1.29 is 17.6 Å². The second-order valence-corrected chi connectivity index (χ2v) is 6.31. The summed E-state index contributed by atoms with van der Waals surface area (Å²) in [6.45, 7) is 0.261. The first-order chi connectivity index (χ1) is 9.31. The smallest absolute Gasteiger partial charge is 0.278 e. The molecule has 1 rings (SSSR count). The SMILES string of the molecule is CN(C)S(=O)(=O)NCCNC(=O)Cc1cccc(F)c1. The molecular formula is C12H18FN3O3S. The average molecular weight is 303 g/mol. The van der Waals surface area contributed by atoms with Crippen molar-refractivity contribution in [3.05, 3.63) is 35.6 Å². The van der Waals surface area contributed by atoms with Gasteiger partial charge in [0.1, 0.15) is 5.82 Å². The van der Waals surface area contributed by atoms with E-state index in [9.17, 15) is 17.6 Å². The fraction of sp³-hybridized carbons (Fsp3) is 0.417.